The number of nitrogens with one attached hydrogen (secondary N) is 2. The molecule has 0 saturated carbocycles. The standard InChI is InChI=1S/C12H15N5O/c1-8-10(7-16-17-8)6-15-12(18)11-3-2-9(4-13)5-14-11/h2-3,5,7H,4,6,13H2,1H3,(H,15,18)(H,16,17). The van der Waals surface area contributed by atoms with Gasteiger partial charge >= 0.3 is 0 Å². The van der Waals surface area contributed by atoms with Crippen LogP contribution < -0.4 is 11.1 Å². The number of nitrogens with two attached hydrogens (primary N) is 1. The van der Waals surface area contributed by atoms with Crippen LogP contribution in [0, 0.1) is 6.92 Å². The summed E-state index contributed by atoms with van der Waals surface area (Å²) in [6.45, 7) is 2.76. The molecular formula is C12H15N5O. The molecule has 94 valence electrons. The summed E-state index contributed by atoms with van der Waals surface area (Å²) in [6.07, 6.45) is 3.30. The maximum atomic E-state index is 11.8. The third-order valence-electron chi connectivity index (χ3n) is 2.67. The molecule has 0 fully saturated rings. The van der Waals surface area contributed by atoms with Crippen LogP contribution in [0.5, 0.6) is 0 Å². The molecule has 0 aliphatic heterocycles. The third kappa shape index (κ3) is 2.72. The highest BCUT2D eigenvalue weighted by molar-refractivity contribution is 5.92. The summed E-state index contributed by atoms with van der Waals surface area (Å²) in [7, 11) is 0. The summed E-state index contributed by atoms with van der Waals surface area (Å²) in [5.41, 5.74) is 8.65. The van der Waals surface area contributed by atoms with E-state index in [-0.39, 0.29) is 5.91 Å². The van der Waals surface area contributed by atoms with Gasteiger partial charge in [0, 0.05) is 30.5 Å². The second-order valence-electron chi connectivity index (χ2n) is 3.96. The summed E-state index contributed by atoms with van der Waals surface area (Å²) >= 11 is 0. The predicted molar refractivity (Wildman–Crippen MR) is 66.6 cm³/mol. The first-order valence-corrected chi connectivity index (χ1v) is 5.62. The van der Waals surface area contributed by atoms with Gasteiger partial charge in [0.1, 0.15) is 5.69 Å². The van der Waals surface area contributed by atoms with Crippen molar-refractivity contribution in [1.82, 2.24) is 20.5 Å². The molecule has 2 aromatic heterocycles. The lowest BCUT2D eigenvalue weighted by Crippen LogP contribution is -2.24. The van der Waals surface area contributed by atoms with Gasteiger partial charge in [0.05, 0.1) is 6.20 Å². The maximum Gasteiger partial charge on any atom is 0.270 e. The van der Waals surface area contributed by atoms with Crippen LogP contribution in [0.15, 0.2) is 24.5 Å². The molecule has 2 aromatic rings. The number of hydrogen-bond acceptors (Lipinski definition) is 4. The second-order valence-corrected chi connectivity index (χ2v) is 3.96. The van der Waals surface area contributed by atoms with E-state index >= 15 is 0 Å². The minimum Gasteiger partial charge on any atom is -0.346 e. The minimum absolute atomic E-state index is 0.209. The van der Waals surface area contributed by atoms with Gasteiger partial charge < -0.3 is 11.1 Å². The number of amides is 1. The number of H-pyrrole nitrogens is 1. The van der Waals surface area contributed by atoms with Gasteiger partial charge in [-0.15, -0.1) is 0 Å². The Bertz CT molecular complexity index is 532. The summed E-state index contributed by atoms with van der Waals surface area (Å²) in [5.74, 6) is -0.209. The van der Waals surface area contributed by atoms with Crippen LogP contribution in [-0.2, 0) is 13.1 Å². The average molecular weight is 245 g/mol. The SMILES string of the molecule is Cc1[nH]ncc1CNC(=O)c1ccc(CN)cn1. The van der Waals surface area contributed by atoms with E-state index in [9.17, 15) is 4.79 Å². The number of rotatable bonds is 4. The highest BCUT2D eigenvalue weighted by Gasteiger charge is 2.08. The molecule has 0 saturated heterocycles. The van der Waals surface area contributed by atoms with Crippen molar-refractivity contribution in [3.8, 4) is 0 Å². The van der Waals surface area contributed by atoms with Crippen LogP contribution in [0.3, 0.4) is 0 Å². The van der Waals surface area contributed by atoms with Gasteiger partial charge in [-0.2, -0.15) is 5.10 Å². The normalized spacial score (nSPS) is 10.3. The third-order valence-corrected chi connectivity index (χ3v) is 2.67. The Balaban J connectivity index is 1.97. The van der Waals surface area contributed by atoms with Gasteiger partial charge in [0.2, 0.25) is 0 Å². The van der Waals surface area contributed by atoms with Crippen LogP contribution in [0.4, 0.5) is 0 Å². The molecule has 1 amide bonds. The fourth-order valence-corrected chi connectivity index (χ4v) is 1.50. The second kappa shape index (κ2) is 5.42. The van der Waals surface area contributed by atoms with Gasteiger partial charge in [0.25, 0.3) is 5.91 Å². The van der Waals surface area contributed by atoms with E-state index in [0.717, 1.165) is 16.8 Å². The number of aromatic amines is 1. The fraction of sp³-hybridized carbons (Fsp3) is 0.250. The molecule has 2 rings (SSSR count). The molecular weight excluding hydrogens is 230 g/mol. The van der Waals surface area contributed by atoms with Gasteiger partial charge in [-0.1, -0.05) is 6.07 Å². The van der Waals surface area contributed by atoms with E-state index in [2.05, 4.69) is 20.5 Å². The van der Waals surface area contributed by atoms with Crippen LogP contribution in [0.25, 0.3) is 0 Å². The number of carbonyl (C=O) groups excluding carboxylic acids is 1. The Morgan fingerprint density at radius 1 is 1.44 bits per heavy atom. The lowest BCUT2D eigenvalue weighted by molar-refractivity contribution is 0.0946. The monoisotopic (exact) mass is 245 g/mol. The van der Waals surface area contributed by atoms with E-state index in [1.807, 2.05) is 6.92 Å². The van der Waals surface area contributed by atoms with Crippen molar-refractivity contribution in [2.24, 2.45) is 5.73 Å². The highest BCUT2D eigenvalue weighted by Crippen LogP contribution is 2.03. The number of aryl methyl sites for hydroxylation is 1. The molecule has 0 radical (unpaired) electrons. The Morgan fingerprint density at radius 2 is 2.28 bits per heavy atom. The molecule has 6 nitrogen and oxygen atoms in total. The molecule has 18 heavy (non-hydrogen) atoms. The molecule has 0 aliphatic carbocycles. The minimum atomic E-state index is -0.209. The first kappa shape index (κ1) is 12.3. The predicted octanol–water partition coefficient (Wildman–Crippen LogP) is 0.502. The van der Waals surface area contributed by atoms with Crippen molar-refractivity contribution in [3.05, 3.63) is 47.0 Å². The molecule has 0 aromatic carbocycles. The zero-order valence-corrected chi connectivity index (χ0v) is 10.1. The van der Waals surface area contributed by atoms with Gasteiger partial charge in [-0.05, 0) is 18.6 Å². The number of nitrogens with zero attached hydrogens (tertiary/aromatic N) is 2. The number of hydrogen-bond donors (Lipinski definition) is 3. The van der Waals surface area contributed by atoms with Crippen LogP contribution >= 0.6 is 0 Å². The summed E-state index contributed by atoms with van der Waals surface area (Å²) in [6, 6.07) is 3.46. The highest BCUT2D eigenvalue weighted by atomic mass is 16.1. The molecule has 4 N–H and O–H groups in total. The van der Waals surface area contributed by atoms with E-state index in [1.54, 1.807) is 24.5 Å². The number of pyridine rings is 1. The quantitative estimate of drug-likeness (QED) is 0.730. The lowest BCUT2D eigenvalue weighted by Gasteiger charge is -2.04. The van der Waals surface area contributed by atoms with E-state index in [0.29, 0.717) is 18.8 Å². The Kier molecular flexibility index (Phi) is 3.69. The molecule has 0 bridgehead atoms. The Morgan fingerprint density at radius 3 is 2.83 bits per heavy atom. The molecule has 6 heteroatoms. The first-order valence-electron chi connectivity index (χ1n) is 5.62. The van der Waals surface area contributed by atoms with E-state index in [1.165, 1.54) is 0 Å². The maximum absolute atomic E-state index is 11.8. The van der Waals surface area contributed by atoms with Crippen LogP contribution in [0.1, 0.15) is 27.3 Å². The molecule has 0 spiro atoms. The van der Waals surface area contributed by atoms with Crippen molar-refractivity contribution in [2.45, 2.75) is 20.0 Å². The van der Waals surface area contributed by atoms with E-state index < -0.39 is 0 Å². The van der Waals surface area contributed by atoms with Crippen molar-refractivity contribution < 1.29 is 4.79 Å². The van der Waals surface area contributed by atoms with Crippen LogP contribution in [-0.4, -0.2) is 21.1 Å². The van der Waals surface area contributed by atoms with Crippen molar-refractivity contribution in [2.75, 3.05) is 0 Å². The van der Waals surface area contributed by atoms with E-state index in [4.69, 9.17) is 5.73 Å². The number of carbonyl (C=O) groups is 1. The van der Waals surface area contributed by atoms with Gasteiger partial charge in [-0.25, -0.2) is 0 Å². The van der Waals surface area contributed by atoms with Gasteiger partial charge in [-0.3, -0.25) is 14.9 Å². The molecule has 0 atom stereocenters. The lowest BCUT2D eigenvalue weighted by atomic mass is 10.2. The van der Waals surface area contributed by atoms with Crippen molar-refractivity contribution >= 4 is 5.91 Å². The smallest absolute Gasteiger partial charge is 0.270 e. The largest absolute Gasteiger partial charge is 0.346 e. The number of aromatic nitrogens is 3. The zero-order chi connectivity index (χ0) is 13.0. The Labute approximate surface area is 105 Å². The summed E-state index contributed by atoms with van der Waals surface area (Å²) in [5, 5.41) is 9.49. The fourth-order valence-electron chi connectivity index (χ4n) is 1.50. The van der Waals surface area contributed by atoms with Crippen molar-refractivity contribution in [1.29, 1.82) is 0 Å². The summed E-state index contributed by atoms with van der Waals surface area (Å²) < 4.78 is 0. The average Bonchev–Trinajstić information content (AvgIpc) is 2.81. The van der Waals surface area contributed by atoms with Gasteiger partial charge in [0.15, 0.2) is 0 Å². The molecule has 0 unspecified atom stereocenters. The first-order chi connectivity index (χ1) is 8.70. The molecule has 2 heterocycles. The van der Waals surface area contributed by atoms with Crippen molar-refractivity contribution in [3.63, 3.8) is 0 Å². The topological polar surface area (TPSA) is 96.7 Å². The zero-order valence-electron chi connectivity index (χ0n) is 10.1. The van der Waals surface area contributed by atoms with Crippen LogP contribution in [0.2, 0.25) is 0 Å². The Hall–Kier alpha value is -2.21. The molecule has 0 aliphatic rings. The summed E-state index contributed by atoms with van der Waals surface area (Å²) in [4.78, 5) is 15.9.